The van der Waals surface area contributed by atoms with Crippen LogP contribution in [-0.2, 0) is 21.7 Å². The molecule has 5 heteroatoms. The monoisotopic (exact) mass is 277 g/mol. The van der Waals surface area contributed by atoms with E-state index in [0.29, 0.717) is 11.2 Å². The highest BCUT2D eigenvalue weighted by Crippen LogP contribution is 2.29. The van der Waals surface area contributed by atoms with E-state index in [-0.39, 0.29) is 5.82 Å². The van der Waals surface area contributed by atoms with Gasteiger partial charge in [0.1, 0.15) is 5.82 Å². The van der Waals surface area contributed by atoms with Gasteiger partial charge in [0, 0.05) is 38.3 Å². The van der Waals surface area contributed by atoms with Crippen LogP contribution in [0.4, 0.5) is 4.39 Å². The van der Waals surface area contributed by atoms with Gasteiger partial charge in [-0.05, 0) is 17.7 Å². The van der Waals surface area contributed by atoms with Gasteiger partial charge in [0.2, 0.25) is 0 Å². The Kier molecular flexibility index (Phi) is 4.32. The number of hydrogen-bond donors (Lipinski definition) is 0. The van der Waals surface area contributed by atoms with Crippen LogP contribution in [0, 0.1) is 11.0 Å². The first-order chi connectivity index (χ1) is 9.59. The lowest BCUT2D eigenvalue weighted by Crippen LogP contribution is -2.35. The average molecular weight is 277 g/mol. The van der Waals surface area contributed by atoms with Crippen LogP contribution in [0.25, 0.3) is 0 Å². The Hall–Kier alpha value is -1.98. The van der Waals surface area contributed by atoms with E-state index in [9.17, 15) is 9.60 Å². The summed E-state index contributed by atoms with van der Waals surface area (Å²) >= 11 is 0. The first-order valence-electron chi connectivity index (χ1n) is 6.14. The number of aromatic nitrogens is 1. The molecule has 2 rings (SSSR count). The van der Waals surface area contributed by atoms with Crippen LogP contribution >= 0.6 is 0 Å². The van der Waals surface area contributed by atoms with Crippen molar-refractivity contribution in [1.82, 2.24) is 0 Å². The topological polar surface area (TPSA) is 45.4 Å². The molecule has 0 amide bonds. The maximum absolute atomic E-state index is 13.0. The van der Waals surface area contributed by atoms with E-state index in [0.717, 1.165) is 11.1 Å². The number of pyridine rings is 1. The van der Waals surface area contributed by atoms with Gasteiger partial charge in [0.15, 0.2) is 18.2 Å². The maximum atomic E-state index is 13.0. The number of benzene rings is 1. The number of nitrogens with zero attached hydrogens (tertiary/aromatic N) is 1. The van der Waals surface area contributed by atoms with E-state index in [1.807, 2.05) is 0 Å². The lowest BCUT2D eigenvalue weighted by atomic mass is 9.98. The van der Waals surface area contributed by atoms with Crippen molar-refractivity contribution in [2.75, 3.05) is 14.2 Å². The normalized spacial score (nSPS) is 11.6. The lowest BCUT2D eigenvalue weighted by Gasteiger charge is -2.31. The molecule has 0 bridgehead atoms. The van der Waals surface area contributed by atoms with Crippen molar-refractivity contribution in [3.8, 4) is 0 Å². The van der Waals surface area contributed by atoms with Gasteiger partial charge < -0.3 is 14.7 Å². The second kappa shape index (κ2) is 5.98. The van der Waals surface area contributed by atoms with Gasteiger partial charge >= 0.3 is 0 Å². The molecule has 1 aromatic heterocycles. The fraction of sp³-hybridized carbons (Fsp3) is 0.267. The van der Waals surface area contributed by atoms with Gasteiger partial charge in [-0.3, -0.25) is 0 Å². The second-order valence-electron chi connectivity index (χ2n) is 4.41. The highest BCUT2D eigenvalue weighted by Gasteiger charge is 2.33. The zero-order valence-corrected chi connectivity index (χ0v) is 11.4. The van der Waals surface area contributed by atoms with Gasteiger partial charge in [-0.1, -0.05) is 12.1 Å². The molecular weight excluding hydrogens is 261 g/mol. The Morgan fingerprint density at radius 2 is 1.60 bits per heavy atom. The molecule has 0 atom stereocenters. The van der Waals surface area contributed by atoms with Crippen molar-refractivity contribution in [1.29, 1.82) is 0 Å². The van der Waals surface area contributed by atoms with Crippen LogP contribution in [0.3, 0.4) is 0 Å². The molecule has 0 fully saturated rings. The predicted molar refractivity (Wildman–Crippen MR) is 71.2 cm³/mol. The highest BCUT2D eigenvalue weighted by molar-refractivity contribution is 5.23. The summed E-state index contributed by atoms with van der Waals surface area (Å²) in [6.07, 6.45) is 3.17. The Morgan fingerprint density at radius 1 is 1.05 bits per heavy atom. The molecular formula is C15H16FNO3. The van der Waals surface area contributed by atoms with E-state index in [4.69, 9.17) is 9.47 Å². The van der Waals surface area contributed by atoms with E-state index in [1.165, 1.54) is 38.7 Å². The summed E-state index contributed by atoms with van der Waals surface area (Å²) in [4.78, 5) is 0. The molecule has 2 aromatic rings. The van der Waals surface area contributed by atoms with Crippen LogP contribution in [0.2, 0.25) is 0 Å². The molecule has 1 heterocycles. The zero-order valence-electron chi connectivity index (χ0n) is 11.4. The largest absolute Gasteiger partial charge is 0.619 e. The lowest BCUT2D eigenvalue weighted by molar-refractivity contribution is -0.605. The first kappa shape index (κ1) is 14.4. The third-order valence-electron chi connectivity index (χ3n) is 3.25. The van der Waals surface area contributed by atoms with Crippen molar-refractivity contribution in [3.63, 3.8) is 0 Å². The molecule has 0 radical (unpaired) electrons. The van der Waals surface area contributed by atoms with Crippen molar-refractivity contribution in [3.05, 3.63) is 70.9 Å². The van der Waals surface area contributed by atoms with Crippen LogP contribution < -0.4 is 4.73 Å². The summed E-state index contributed by atoms with van der Waals surface area (Å²) in [5.41, 5.74) is 1.59. The second-order valence-corrected chi connectivity index (χ2v) is 4.41. The molecule has 20 heavy (non-hydrogen) atoms. The Labute approximate surface area is 117 Å². The minimum Gasteiger partial charge on any atom is -0.619 e. The van der Waals surface area contributed by atoms with E-state index >= 15 is 0 Å². The van der Waals surface area contributed by atoms with E-state index in [2.05, 4.69) is 0 Å². The molecule has 0 saturated carbocycles. The summed E-state index contributed by atoms with van der Waals surface area (Å²) in [6, 6.07) is 9.43. The molecule has 0 saturated heterocycles. The molecule has 1 aromatic carbocycles. The van der Waals surface area contributed by atoms with E-state index < -0.39 is 5.79 Å². The minimum absolute atomic E-state index is 0.290. The highest BCUT2D eigenvalue weighted by atomic mass is 19.1. The fourth-order valence-corrected chi connectivity index (χ4v) is 2.10. The molecule has 0 spiro atoms. The predicted octanol–water partition coefficient (Wildman–Crippen LogP) is 2.15. The van der Waals surface area contributed by atoms with Crippen LogP contribution in [0.1, 0.15) is 11.1 Å². The fourth-order valence-electron chi connectivity index (χ4n) is 2.10. The minimum atomic E-state index is -1.01. The number of hydrogen-bond acceptors (Lipinski definition) is 3. The average Bonchev–Trinajstić information content (AvgIpc) is 2.48. The summed E-state index contributed by atoms with van der Waals surface area (Å²) < 4.78 is 24.7. The Bertz CT molecular complexity index is 550. The Balaban J connectivity index is 2.33. The van der Waals surface area contributed by atoms with Crippen molar-refractivity contribution in [2.24, 2.45) is 0 Å². The summed E-state index contributed by atoms with van der Waals surface area (Å²) in [6.45, 7) is 0. The molecule has 0 aliphatic heterocycles. The number of methoxy groups -OCH3 is 2. The van der Waals surface area contributed by atoms with Crippen LogP contribution in [-0.4, -0.2) is 14.2 Å². The van der Waals surface area contributed by atoms with Gasteiger partial charge in [-0.15, -0.1) is 0 Å². The first-order valence-corrected chi connectivity index (χ1v) is 6.14. The van der Waals surface area contributed by atoms with Gasteiger partial charge in [0.05, 0.1) is 0 Å². The van der Waals surface area contributed by atoms with Gasteiger partial charge in [-0.2, -0.15) is 4.73 Å². The van der Waals surface area contributed by atoms with Crippen LogP contribution in [0.5, 0.6) is 0 Å². The molecule has 106 valence electrons. The number of halogens is 1. The molecule has 0 unspecified atom stereocenters. The molecule has 4 nitrogen and oxygen atoms in total. The number of ether oxygens (including phenoxy) is 2. The van der Waals surface area contributed by atoms with Crippen molar-refractivity contribution >= 4 is 0 Å². The number of rotatable bonds is 5. The SMILES string of the molecule is COC(Cc1ccc(F)cc1)(OC)c1cc[n+]([O-])cc1. The van der Waals surface area contributed by atoms with Crippen molar-refractivity contribution in [2.45, 2.75) is 12.2 Å². The summed E-state index contributed by atoms with van der Waals surface area (Å²) in [5, 5.41) is 11.1. The quantitative estimate of drug-likeness (QED) is 0.478. The van der Waals surface area contributed by atoms with Crippen LogP contribution in [0.15, 0.2) is 48.8 Å². The molecule has 0 N–H and O–H groups in total. The standard InChI is InChI=1S/C15H16FNO3/c1-19-15(20-2,13-7-9-17(18)10-8-13)11-12-3-5-14(16)6-4-12/h3-10H,11H2,1-2H3. The third-order valence-corrected chi connectivity index (χ3v) is 3.25. The summed E-state index contributed by atoms with van der Waals surface area (Å²) in [5.74, 6) is -1.30. The maximum Gasteiger partial charge on any atom is 0.198 e. The molecule has 0 aliphatic rings. The van der Waals surface area contributed by atoms with Gasteiger partial charge in [-0.25, -0.2) is 4.39 Å². The van der Waals surface area contributed by atoms with Gasteiger partial charge in [0.25, 0.3) is 0 Å². The molecule has 0 aliphatic carbocycles. The van der Waals surface area contributed by atoms with Crippen molar-refractivity contribution < 1.29 is 18.6 Å². The smallest absolute Gasteiger partial charge is 0.198 e. The third kappa shape index (κ3) is 2.95. The van der Waals surface area contributed by atoms with E-state index in [1.54, 1.807) is 24.3 Å². The Morgan fingerprint density at radius 3 is 2.10 bits per heavy atom. The summed E-state index contributed by atoms with van der Waals surface area (Å²) in [7, 11) is 3.07. The zero-order chi connectivity index (χ0) is 14.6.